The zero-order valence-corrected chi connectivity index (χ0v) is 9.78. The topological polar surface area (TPSA) is 26.0 Å². The molecule has 0 spiro atoms. The van der Waals surface area contributed by atoms with Crippen LogP contribution in [0.5, 0.6) is 0 Å². The van der Waals surface area contributed by atoms with Crippen LogP contribution in [-0.2, 0) is 0 Å². The van der Waals surface area contributed by atoms with E-state index in [-0.39, 0.29) is 0 Å². The van der Waals surface area contributed by atoms with Gasteiger partial charge in [0.1, 0.15) is 0 Å². The predicted molar refractivity (Wildman–Crippen MR) is 62.1 cm³/mol. The van der Waals surface area contributed by atoms with Crippen LogP contribution in [0.3, 0.4) is 0 Å². The molecule has 2 N–H and O–H groups in total. The molecule has 78 valence electrons. The summed E-state index contributed by atoms with van der Waals surface area (Å²) in [6.45, 7) is 5.48. The average molecular weight is 201 g/mol. The lowest BCUT2D eigenvalue weighted by Gasteiger charge is -2.34. The van der Waals surface area contributed by atoms with Crippen molar-refractivity contribution < 1.29 is 0 Å². The Hall–Kier alpha value is 0.310. The van der Waals surface area contributed by atoms with Gasteiger partial charge in [-0.15, -0.1) is 0 Å². The fraction of sp³-hybridized carbons (Fsp3) is 1.00. The first-order valence-electron chi connectivity index (χ1n) is 5.63. The molecule has 0 amide bonds. The summed E-state index contributed by atoms with van der Waals surface area (Å²) in [6.07, 6.45) is 5.56. The van der Waals surface area contributed by atoms with E-state index in [0.29, 0.717) is 0 Å². The van der Waals surface area contributed by atoms with E-state index in [2.05, 4.69) is 25.6 Å². The minimum Gasteiger partial charge on any atom is -0.330 e. The van der Waals surface area contributed by atoms with Gasteiger partial charge in [0.25, 0.3) is 0 Å². The molecule has 3 unspecified atom stereocenters. The second-order valence-electron chi connectivity index (χ2n) is 4.08. The average Bonchev–Trinajstić information content (AvgIpc) is 2.18. The summed E-state index contributed by atoms with van der Waals surface area (Å²) in [5, 5.41) is 0.855. The number of nitrogens with two attached hydrogens (primary N) is 1. The zero-order valence-electron chi connectivity index (χ0n) is 8.96. The summed E-state index contributed by atoms with van der Waals surface area (Å²) in [4.78, 5) is 0. The molecule has 13 heavy (non-hydrogen) atoms. The van der Waals surface area contributed by atoms with Crippen molar-refractivity contribution >= 4 is 11.8 Å². The molecule has 0 bridgehead atoms. The summed E-state index contributed by atoms with van der Waals surface area (Å²) in [5.74, 6) is 3.03. The van der Waals surface area contributed by atoms with Gasteiger partial charge in [-0.3, -0.25) is 0 Å². The largest absolute Gasteiger partial charge is 0.330 e. The van der Waals surface area contributed by atoms with Crippen molar-refractivity contribution in [2.45, 2.75) is 44.8 Å². The Morgan fingerprint density at radius 3 is 2.62 bits per heavy atom. The van der Waals surface area contributed by atoms with Gasteiger partial charge in [0.05, 0.1) is 0 Å². The number of rotatable bonds is 4. The van der Waals surface area contributed by atoms with Crippen LogP contribution in [0.2, 0.25) is 0 Å². The van der Waals surface area contributed by atoms with Gasteiger partial charge in [-0.05, 0) is 37.0 Å². The normalized spacial score (nSPS) is 34.8. The molecule has 1 aliphatic carbocycles. The zero-order chi connectivity index (χ0) is 9.68. The standard InChI is InChI=1S/C11H23NS/c1-3-9-5-6-10(8-12)11(7-9)13-4-2/h9-11H,3-8,12H2,1-2H3. The molecular weight excluding hydrogens is 178 g/mol. The van der Waals surface area contributed by atoms with Crippen molar-refractivity contribution in [1.82, 2.24) is 0 Å². The van der Waals surface area contributed by atoms with Crippen LogP contribution < -0.4 is 5.73 Å². The van der Waals surface area contributed by atoms with Gasteiger partial charge in [-0.25, -0.2) is 0 Å². The molecule has 1 fully saturated rings. The molecule has 1 saturated carbocycles. The Morgan fingerprint density at radius 1 is 1.31 bits per heavy atom. The summed E-state index contributed by atoms with van der Waals surface area (Å²) in [5.41, 5.74) is 5.80. The van der Waals surface area contributed by atoms with Crippen molar-refractivity contribution in [3.8, 4) is 0 Å². The molecule has 0 aromatic rings. The second kappa shape index (κ2) is 5.92. The fourth-order valence-corrected chi connectivity index (χ4v) is 3.69. The SMILES string of the molecule is CCSC1CC(CC)CCC1CN. The van der Waals surface area contributed by atoms with Gasteiger partial charge >= 0.3 is 0 Å². The Morgan fingerprint density at radius 2 is 2.08 bits per heavy atom. The first-order chi connectivity index (χ1) is 6.31. The van der Waals surface area contributed by atoms with Crippen molar-refractivity contribution in [2.75, 3.05) is 12.3 Å². The number of hydrogen-bond acceptors (Lipinski definition) is 2. The lowest BCUT2D eigenvalue weighted by molar-refractivity contribution is 0.284. The van der Waals surface area contributed by atoms with E-state index < -0.39 is 0 Å². The molecule has 0 heterocycles. The maximum absolute atomic E-state index is 5.80. The van der Waals surface area contributed by atoms with Crippen molar-refractivity contribution in [3.63, 3.8) is 0 Å². The summed E-state index contributed by atoms with van der Waals surface area (Å²) < 4.78 is 0. The minimum absolute atomic E-state index is 0.799. The van der Waals surface area contributed by atoms with Crippen LogP contribution in [-0.4, -0.2) is 17.5 Å². The highest BCUT2D eigenvalue weighted by Gasteiger charge is 2.28. The van der Waals surface area contributed by atoms with E-state index in [1.54, 1.807) is 0 Å². The predicted octanol–water partition coefficient (Wildman–Crippen LogP) is 2.89. The maximum Gasteiger partial charge on any atom is 0.00898 e. The second-order valence-corrected chi connectivity index (χ2v) is 5.59. The third kappa shape index (κ3) is 3.17. The van der Waals surface area contributed by atoms with Crippen LogP contribution in [0.4, 0.5) is 0 Å². The molecule has 1 rings (SSSR count). The minimum atomic E-state index is 0.799. The molecule has 3 atom stereocenters. The lowest BCUT2D eigenvalue weighted by Crippen LogP contribution is -2.32. The molecule has 2 heteroatoms. The van der Waals surface area contributed by atoms with E-state index in [0.717, 1.165) is 23.6 Å². The summed E-state index contributed by atoms with van der Waals surface area (Å²) >= 11 is 2.12. The molecule has 1 nitrogen and oxygen atoms in total. The molecule has 0 aromatic carbocycles. The Labute approximate surface area is 86.8 Å². The van der Waals surface area contributed by atoms with E-state index >= 15 is 0 Å². The van der Waals surface area contributed by atoms with Gasteiger partial charge in [0.2, 0.25) is 0 Å². The smallest absolute Gasteiger partial charge is 0.00898 e. The van der Waals surface area contributed by atoms with Crippen molar-refractivity contribution in [3.05, 3.63) is 0 Å². The van der Waals surface area contributed by atoms with E-state index in [1.807, 2.05) is 0 Å². The highest BCUT2D eigenvalue weighted by Crippen LogP contribution is 2.37. The van der Waals surface area contributed by atoms with E-state index in [1.165, 1.54) is 31.4 Å². The first kappa shape index (κ1) is 11.4. The molecule has 0 aliphatic heterocycles. The number of hydrogen-bond donors (Lipinski definition) is 1. The Balaban J connectivity index is 2.42. The third-order valence-electron chi connectivity index (χ3n) is 3.30. The van der Waals surface area contributed by atoms with Gasteiger partial charge in [-0.1, -0.05) is 26.7 Å². The lowest BCUT2D eigenvalue weighted by atomic mass is 9.80. The van der Waals surface area contributed by atoms with Crippen LogP contribution >= 0.6 is 11.8 Å². The Kier molecular flexibility index (Phi) is 5.18. The monoisotopic (exact) mass is 201 g/mol. The van der Waals surface area contributed by atoms with E-state index in [4.69, 9.17) is 5.73 Å². The van der Waals surface area contributed by atoms with E-state index in [9.17, 15) is 0 Å². The summed E-state index contributed by atoms with van der Waals surface area (Å²) in [6, 6.07) is 0. The highest BCUT2D eigenvalue weighted by molar-refractivity contribution is 7.99. The number of thioether (sulfide) groups is 1. The van der Waals surface area contributed by atoms with Crippen molar-refractivity contribution in [2.24, 2.45) is 17.6 Å². The molecule has 0 saturated heterocycles. The first-order valence-corrected chi connectivity index (χ1v) is 6.68. The molecule has 0 radical (unpaired) electrons. The van der Waals surface area contributed by atoms with Gasteiger partial charge in [0, 0.05) is 5.25 Å². The van der Waals surface area contributed by atoms with Crippen LogP contribution in [0.15, 0.2) is 0 Å². The van der Waals surface area contributed by atoms with Gasteiger partial charge < -0.3 is 5.73 Å². The van der Waals surface area contributed by atoms with Crippen molar-refractivity contribution in [1.29, 1.82) is 0 Å². The van der Waals surface area contributed by atoms with Gasteiger partial charge in [-0.2, -0.15) is 11.8 Å². The fourth-order valence-electron chi connectivity index (χ4n) is 2.33. The van der Waals surface area contributed by atoms with Crippen LogP contribution in [0, 0.1) is 11.8 Å². The van der Waals surface area contributed by atoms with Crippen LogP contribution in [0.1, 0.15) is 39.5 Å². The van der Waals surface area contributed by atoms with Crippen LogP contribution in [0.25, 0.3) is 0 Å². The molecule has 0 aromatic heterocycles. The summed E-state index contributed by atoms with van der Waals surface area (Å²) in [7, 11) is 0. The quantitative estimate of drug-likeness (QED) is 0.757. The highest BCUT2D eigenvalue weighted by atomic mass is 32.2. The molecular formula is C11H23NS. The maximum atomic E-state index is 5.80. The van der Waals surface area contributed by atoms with Gasteiger partial charge in [0.15, 0.2) is 0 Å². The third-order valence-corrected chi connectivity index (χ3v) is 4.64. The molecule has 1 aliphatic rings. The Bertz CT molecular complexity index is 138.